The van der Waals surface area contributed by atoms with Crippen LogP contribution < -0.4 is 10.5 Å². The molecule has 1 aliphatic carbocycles. The third kappa shape index (κ3) is 6.56. The summed E-state index contributed by atoms with van der Waals surface area (Å²) in [6, 6.07) is 14.0. The van der Waals surface area contributed by atoms with Gasteiger partial charge in [-0.25, -0.2) is 18.6 Å². The molecule has 0 saturated heterocycles. The number of nitrogens with zero attached hydrogens (tertiary/aromatic N) is 2. The number of nitrogens with two attached hydrogens (primary N) is 1. The quantitative estimate of drug-likeness (QED) is 0.218. The van der Waals surface area contributed by atoms with Gasteiger partial charge in [0.1, 0.15) is 17.4 Å². The van der Waals surface area contributed by atoms with Crippen molar-refractivity contribution in [2.45, 2.75) is 43.4 Å². The summed E-state index contributed by atoms with van der Waals surface area (Å²) in [5, 5.41) is 1.03. The van der Waals surface area contributed by atoms with Gasteiger partial charge in [0.15, 0.2) is 0 Å². The zero-order valence-corrected chi connectivity index (χ0v) is 23.2. The summed E-state index contributed by atoms with van der Waals surface area (Å²) in [5.41, 5.74) is 4.77. The van der Waals surface area contributed by atoms with Crippen LogP contribution in [-0.2, 0) is 21.6 Å². The second kappa shape index (κ2) is 12.5. The van der Waals surface area contributed by atoms with E-state index in [0.717, 1.165) is 29.3 Å². The Kier molecular flexibility index (Phi) is 9.24. The van der Waals surface area contributed by atoms with E-state index >= 15 is 4.39 Å². The molecular formula is C30H29F6N3O4. The van der Waals surface area contributed by atoms with E-state index in [9.17, 15) is 31.5 Å². The van der Waals surface area contributed by atoms with Gasteiger partial charge >= 0.3 is 18.6 Å². The molecule has 0 heterocycles. The van der Waals surface area contributed by atoms with Gasteiger partial charge in [-0.3, -0.25) is 9.63 Å². The summed E-state index contributed by atoms with van der Waals surface area (Å²) in [7, 11) is 2.73. The first-order valence-electron chi connectivity index (χ1n) is 13.1. The number of carbonyl (C=O) groups is 2. The molecule has 0 bridgehead atoms. The highest BCUT2D eigenvalue weighted by molar-refractivity contribution is 5.80. The lowest BCUT2D eigenvalue weighted by atomic mass is 9.71. The zero-order valence-electron chi connectivity index (χ0n) is 23.2. The molecule has 0 aromatic heterocycles. The molecule has 7 nitrogen and oxygen atoms in total. The fourth-order valence-electron chi connectivity index (χ4n) is 5.44. The molecule has 3 amide bonds. The Bertz CT molecular complexity index is 1440. The van der Waals surface area contributed by atoms with Crippen LogP contribution in [0.25, 0.3) is 0 Å². The Balaban J connectivity index is 1.95. The second-order valence-electron chi connectivity index (χ2n) is 10.2. The lowest BCUT2D eigenvalue weighted by Gasteiger charge is -2.52. The average molecular weight is 610 g/mol. The minimum absolute atomic E-state index is 0.106. The Labute approximate surface area is 243 Å². The van der Waals surface area contributed by atoms with Gasteiger partial charge < -0.3 is 15.4 Å². The van der Waals surface area contributed by atoms with Crippen molar-refractivity contribution in [3.63, 3.8) is 0 Å². The van der Waals surface area contributed by atoms with E-state index in [4.69, 9.17) is 10.6 Å². The number of urea groups is 1. The number of benzene rings is 3. The summed E-state index contributed by atoms with van der Waals surface area (Å²) < 4.78 is 87.4. The fraction of sp³-hybridized carbons (Fsp3) is 0.333. The van der Waals surface area contributed by atoms with Crippen LogP contribution in [0.3, 0.4) is 0 Å². The first kappa shape index (κ1) is 31.7. The number of halogens is 6. The van der Waals surface area contributed by atoms with Gasteiger partial charge in [0, 0.05) is 31.5 Å². The van der Waals surface area contributed by atoms with Gasteiger partial charge in [0.2, 0.25) is 5.91 Å². The number of hydrogen-bond donors (Lipinski definition) is 1. The Morgan fingerprint density at radius 3 is 2.14 bits per heavy atom. The first-order chi connectivity index (χ1) is 20.3. The number of carbonyl (C=O) groups excluding carboxylic acids is 2. The lowest BCUT2D eigenvalue weighted by molar-refractivity contribution is -0.253. The van der Waals surface area contributed by atoms with E-state index in [-0.39, 0.29) is 36.3 Å². The number of hydrogen-bond acceptors (Lipinski definition) is 4. The highest BCUT2D eigenvalue weighted by Crippen LogP contribution is 2.47. The van der Waals surface area contributed by atoms with Crippen molar-refractivity contribution in [2.24, 2.45) is 11.7 Å². The maximum absolute atomic E-state index is 15.1. The largest absolute Gasteiger partial charge is 0.461 e. The Hall–Kier alpha value is -4.26. The van der Waals surface area contributed by atoms with Crippen molar-refractivity contribution in [3.05, 3.63) is 101 Å². The molecule has 1 atom stereocenters. The minimum Gasteiger partial charge on any atom is -0.428 e. The van der Waals surface area contributed by atoms with Crippen LogP contribution in [0.1, 0.15) is 29.5 Å². The summed E-state index contributed by atoms with van der Waals surface area (Å²) in [5.74, 6) is -3.65. The molecule has 0 aliphatic heterocycles. The van der Waals surface area contributed by atoms with E-state index in [1.54, 1.807) is 30.3 Å². The van der Waals surface area contributed by atoms with Crippen LogP contribution in [0.5, 0.6) is 5.75 Å². The summed E-state index contributed by atoms with van der Waals surface area (Å²) >= 11 is 0. The molecule has 43 heavy (non-hydrogen) atoms. The van der Waals surface area contributed by atoms with Crippen LogP contribution in [-0.4, -0.2) is 54.6 Å². The molecule has 1 saturated carbocycles. The van der Waals surface area contributed by atoms with Crippen molar-refractivity contribution in [3.8, 4) is 5.75 Å². The second-order valence-corrected chi connectivity index (χ2v) is 10.2. The molecule has 1 aliphatic rings. The normalized spacial score (nSPS) is 18.0. The van der Waals surface area contributed by atoms with E-state index in [1.165, 1.54) is 31.2 Å². The van der Waals surface area contributed by atoms with Gasteiger partial charge in [0.25, 0.3) is 0 Å². The molecule has 13 heteroatoms. The SMILES string of the molecule is CON(C)C(=O)C1CC(N(C(N)=O)[C@](Cc2ccccc2)(c2ccc(F)cc2)c2cc(F)cc(OC(F)(F)C(F)F)c2)C1. The molecule has 3 aromatic carbocycles. The summed E-state index contributed by atoms with van der Waals surface area (Å²) in [4.78, 5) is 32.2. The van der Waals surface area contributed by atoms with Crippen molar-refractivity contribution in [1.82, 2.24) is 9.96 Å². The van der Waals surface area contributed by atoms with Gasteiger partial charge in [0.05, 0.1) is 12.6 Å². The molecule has 3 aromatic rings. The topological polar surface area (TPSA) is 85.1 Å². The monoisotopic (exact) mass is 609 g/mol. The predicted octanol–water partition coefficient (Wildman–Crippen LogP) is 5.87. The van der Waals surface area contributed by atoms with Crippen molar-refractivity contribution >= 4 is 11.9 Å². The number of amides is 3. The molecule has 230 valence electrons. The third-order valence-electron chi connectivity index (χ3n) is 7.54. The Morgan fingerprint density at radius 1 is 0.953 bits per heavy atom. The average Bonchev–Trinajstić information content (AvgIpc) is 2.93. The predicted molar refractivity (Wildman–Crippen MR) is 143 cm³/mol. The van der Waals surface area contributed by atoms with E-state index < -0.39 is 53.4 Å². The van der Waals surface area contributed by atoms with Gasteiger partial charge in [-0.15, -0.1) is 0 Å². The highest BCUT2D eigenvalue weighted by atomic mass is 19.3. The van der Waals surface area contributed by atoms with E-state index in [2.05, 4.69) is 4.74 Å². The smallest absolute Gasteiger partial charge is 0.428 e. The minimum atomic E-state index is -4.96. The lowest BCUT2D eigenvalue weighted by Crippen LogP contribution is -2.62. The van der Waals surface area contributed by atoms with Gasteiger partial charge in [-0.1, -0.05) is 42.5 Å². The van der Waals surface area contributed by atoms with E-state index in [0.29, 0.717) is 11.6 Å². The van der Waals surface area contributed by atoms with Crippen LogP contribution in [0.4, 0.5) is 31.1 Å². The fourth-order valence-corrected chi connectivity index (χ4v) is 5.44. The molecular weight excluding hydrogens is 580 g/mol. The summed E-state index contributed by atoms with van der Waals surface area (Å²) in [6.45, 7) is 0. The molecule has 2 N–H and O–H groups in total. The molecule has 0 spiro atoms. The number of hydroxylamine groups is 2. The maximum Gasteiger partial charge on any atom is 0.461 e. The van der Waals surface area contributed by atoms with Crippen LogP contribution in [0.15, 0.2) is 72.8 Å². The van der Waals surface area contributed by atoms with E-state index in [1.807, 2.05) is 0 Å². The Morgan fingerprint density at radius 2 is 1.58 bits per heavy atom. The van der Waals surface area contributed by atoms with Crippen LogP contribution in [0.2, 0.25) is 0 Å². The number of primary amides is 1. The number of ether oxygens (including phenoxy) is 1. The third-order valence-corrected chi connectivity index (χ3v) is 7.54. The van der Waals surface area contributed by atoms with Gasteiger partial charge in [-0.05, 0) is 53.8 Å². The number of alkyl halides is 4. The highest BCUT2D eigenvalue weighted by Gasteiger charge is 2.51. The molecule has 1 fully saturated rings. The molecule has 4 rings (SSSR count). The van der Waals surface area contributed by atoms with Crippen LogP contribution in [0, 0.1) is 17.6 Å². The zero-order chi connectivity index (χ0) is 31.5. The maximum atomic E-state index is 15.1. The van der Waals surface area contributed by atoms with Gasteiger partial charge in [-0.2, -0.15) is 17.6 Å². The first-order valence-corrected chi connectivity index (χ1v) is 13.1. The van der Waals surface area contributed by atoms with Crippen molar-refractivity contribution < 1.29 is 45.5 Å². The summed E-state index contributed by atoms with van der Waals surface area (Å²) in [6.07, 6.45) is -9.10. The van der Waals surface area contributed by atoms with Crippen molar-refractivity contribution in [1.29, 1.82) is 0 Å². The number of rotatable bonds is 11. The van der Waals surface area contributed by atoms with Crippen LogP contribution >= 0.6 is 0 Å². The standard InChI is InChI=1S/C30H29F6N3O4/c1-38(42-2)26(40)19-12-24(13-19)39(28(37)41)29(17-18-6-4-3-5-7-18,20-8-10-22(31)11-9-20)21-14-23(32)16-25(15-21)43-30(35,36)27(33)34/h3-11,14-16,19,24,27H,12-13,17H2,1-2H3,(H2,37,41)/t19?,24?,29-/m1/s1. The molecule has 0 radical (unpaired) electrons. The van der Waals surface area contributed by atoms with Crippen molar-refractivity contribution in [2.75, 3.05) is 14.2 Å². The molecule has 0 unspecified atom stereocenters.